The Hall–Kier alpha value is -1.19. The van der Waals surface area contributed by atoms with Crippen molar-refractivity contribution in [3.8, 4) is 0 Å². The highest BCUT2D eigenvalue weighted by Gasteiger charge is 2.29. The van der Waals surface area contributed by atoms with Gasteiger partial charge < -0.3 is 5.32 Å². The molecule has 0 bridgehead atoms. The highest BCUT2D eigenvalue weighted by molar-refractivity contribution is 7.11. The molecule has 1 aromatic carbocycles. The smallest absolute Gasteiger partial charge is 0.0975 e. The summed E-state index contributed by atoms with van der Waals surface area (Å²) in [4.78, 5) is 6.36. The van der Waals surface area contributed by atoms with Gasteiger partial charge in [-0.1, -0.05) is 29.3 Å². The van der Waals surface area contributed by atoms with Crippen molar-refractivity contribution in [1.29, 1.82) is 0 Å². The van der Waals surface area contributed by atoms with Crippen LogP contribution in [0.3, 0.4) is 0 Å². The molecular formula is C17H22N2S. The average Bonchev–Trinajstić information content (AvgIpc) is 3.12. The number of nitrogens with zero attached hydrogens (tertiary/aromatic N) is 1. The fourth-order valence-electron chi connectivity index (χ4n) is 2.80. The number of hydrogen-bond acceptors (Lipinski definition) is 3. The van der Waals surface area contributed by atoms with Crippen molar-refractivity contribution in [1.82, 2.24) is 10.3 Å². The van der Waals surface area contributed by atoms with Crippen LogP contribution in [0.25, 0.3) is 0 Å². The molecule has 2 nitrogen and oxygen atoms in total. The highest BCUT2D eigenvalue weighted by Crippen LogP contribution is 2.42. The van der Waals surface area contributed by atoms with Crippen LogP contribution < -0.4 is 5.32 Å². The van der Waals surface area contributed by atoms with E-state index in [4.69, 9.17) is 4.98 Å². The van der Waals surface area contributed by atoms with E-state index < -0.39 is 0 Å². The molecule has 0 unspecified atom stereocenters. The van der Waals surface area contributed by atoms with Crippen LogP contribution in [0.1, 0.15) is 51.0 Å². The lowest BCUT2D eigenvalue weighted by Gasteiger charge is -2.02. The van der Waals surface area contributed by atoms with E-state index >= 15 is 0 Å². The standard InChI is InChI=1S/C17H22N2S/c1-11-6-12(2)8-13(7-11)9-16-19-17(14-4-5-14)15(20-16)10-18-3/h6-8,14,18H,4-5,9-10H2,1-3H3. The minimum Gasteiger partial charge on any atom is -0.315 e. The zero-order valence-electron chi connectivity index (χ0n) is 12.5. The van der Waals surface area contributed by atoms with E-state index in [0.29, 0.717) is 0 Å². The van der Waals surface area contributed by atoms with Crippen LogP contribution in [0.15, 0.2) is 18.2 Å². The number of rotatable bonds is 5. The topological polar surface area (TPSA) is 24.9 Å². The summed E-state index contributed by atoms with van der Waals surface area (Å²) in [5.74, 6) is 0.739. The van der Waals surface area contributed by atoms with Crippen molar-refractivity contribution in [2.75, 3.05) is 7.05 Å². The first-order valence-electron chi connectivity index (χ1n) is 7.36. The van der Waals surface area contributed by atoms with Crippen LogP contribution >= 0.6 is 11.3 Å². The van der Waals surface area contributed by atoms with Gasteiger partial charge in [0.15, 0.2) is 0 Å². The first-order valence-corrected chi connectivity index (χ1v) is 8.17. The Morgan fingerprint density at radius 3 is 2.50 bits per heavy atom. The molecule has 0 radical (unpaired) electrons. The molecule has 0 atom stereocenters. The minimum atomic E-state index is 0.739. The summed E-state index contributed by atoms with van der Waals surface area (Å²) in [6, 6.07) is 6.79. The maximum Gasteiger partial charge on any atom is 0.0975 e. The molecule has 3 rings (SSSR count). The summed E-state index contributed by atoms with van der Waals surface area (Å²) in [5, 5.41) is 4.54. The van der Waals surface area contributed by atoms with Crippen molar-refractivity contribution in [2.45, 2.75) is 45.6 Å². The number of aryl methyl sites for hydroxylation is 2. The summed E-state index contributed by atoms with van der Waals surface area (Å²) >= 11 is 1.89. The quantitative estimate of drug-likeness (QED) is 0.900. The van der Waals surface area contributed by atoms with Gasteiger partial charge >= 0.3 is 0 Å². The fraction of sp³-hybridized carbons (Fsp3) is 0.471. The third-order valence-corrected chi connectivity index (χ3v) is 4.78. The molecule has 3 heteroatoms. The highest BCUT2D eigenvalue weighted by atomic mass is 32.1. The van der Waals surface area contributed by atoms with E-state index in [1.54, 1.807) is 0 Å². The van der Waals surface area contributed by atoms with Crippen LogP contribution in [0.2, 0.25) is 0 Å². The summed E-state index contributed by atoms with van der Waals surface area (Å²) < 4.78 is 0. The zero-order valence-corrected chi connectivity index (χ0v) is 13.3. The van der Waals surface area contributed by atoms with Gasteiger partial charge in [0.1, 0.15) is 0 Å². The van der Waals surface area contributed by atoms with Crippen LogP contribution in [-0.4, -0.2) is 12.0 Å². The van der Waals surface area contributed by atoms with E-state index in [0.717, 1.165) is 18.9 Å². The molecule has 1 aromatic heterocycles. The van der Waals surface area contributed by atoms with Gasteiger partial charge in [-0.15, -0.1) is 11.3 Å². The second-order valence-electron chi connectivity index (χ2n) is 5.89. The first kappa shape index (κ1) is 13.8. The molecule has 0 saturated heterocycles. The van der Waals surface area contributed by atoms with Gasteiger partial charge in [0, 0.05) is 23.8 Å². The summed E-state index contributed by atoms with van der Waals surface area (Å²) in [5.41, 5.74) is 5.43. The van der Waals surface area contributed by atoms with Gasteiger partial charge in [-0.05, 0) is 39.3 Å². The summed E-state index contributed by atoms with van der Waals surface area (Å²) in [6.07, 6.45) is 3.61. The second-order valence-corrected chi connectivity index (χ2v) is 7.06. The number of benzene rings is 1. The average molecular weight is 286 g/mol. The third-order valence-electron chi connectivity index (χ3n) is 3.71. The molecule has 0 amide bonds. The Morgan fingerprint density at radius 2 is 1.90 bits per heavy atom. The maximum absolute atomic E-state index is 4.92. The van der Waals surface area contributed by atoms with Crippen molar-refractivity contribution in [2.24, 2.45) is 0 Å². The first-order chi connectivity index (χ1) is 9.65. The third kappa shape index (κ3) is 3.10. The molecule has 1 heterocycles. The zero-order chi connectivity index (χ0) is 14.1. The molecule has 1 saturated carbocycles. The summed E-state index contributed by atoms with van der Waals surface area (Å²) in [7, 11) is 2.01. The Kier molecular flexibility index (Phi) is 3.90. The molecule has 20 heavy (non-hydrogen) atoms. The predicted molar refractivity (Wildman–Crippen MR) is 85.6 cm³/mol. The minimum absolute atomic E-state index is 0.739. The number of thiazole rings is 1. The van der Waals surface area contributed by atoms with E-state index in [1.807, 2.05) is 18.4 Å². The van der Waals surface area contributed by atoms with Gasteiger partial charge in [-0.3, -0.25) is 0 Å². The van der Waals surface area contributed by atoms with Crippen LogP contribution in [0, 0.1) is 13.8 Å². The Balaban J connectivity index is 1.84. The molecule has 2 aromatic rings. The molecule has 0 spiro atoms. The number of hydrogen-bond donors (Lipinski definition) is 1. The lowest BCUT2D eigenvalue weighted by molar-refractivity contribution is 0.812. The lowest BCUT2D eigenvalue weighted by Crippen LogP contribution is -2.05. The van der Waals surface area contributed by atoms with E-state index in [9.17, 15) is 0 Å². The van der Waals surface area contributed by atoms with Gasteiger partial charge in [-0.25, -0.2) is 4.98 Å². The fourth-order valence-corrected chi connectivity index (χ4v) is 4.00. The van der Waals surface area contributed by atoms with E-state index in [-0.39, 0.29) is 0 Å². The largest absolute Gasteiger partial charge is 0.315 e. The number of nitrogens with one attached hydrogen (secondary N) is 1. The van der Waals surface area contributed by atoms with Crippen LogP contribution in [-0.2, 0) is 13.0 Å². The Labute approximate surface area is 125 Å². The van der Waals surface area contributed by atoms with Crippen molar-refractivity contribution < 1.29 is 0 Å². The molecule has 106 valence electrons. The molecular weight excluding hydrogens is 264 g/mol. The van der Waals surface area contributed by atoms with E-state index in [1.165, 1.54) is 45.1 Å². The van der Waals surface area contributed by atoms with Crippen molar-refractivity contribution in [3.05, 3.63) is 50.5 Å². The molecule has 1 aliphatic carbocycles. The second kappa shape index (κ2) is 5.66. The van der Waals surface area contributed by atoms with Gasteiger partial charge in [0.2, 0.25) is 0 Å². The van der Waals surface area contributed by atoms with E-state index in [2.05, 4.69) is 37.4 Å². The van der Waals surface area contributed by atoms with Crippen molar-refractivity contribution >= 4 is 11.3 Å². The molecule has 0 aliphatic heterocycles. The molecule has 1 fully saturated rings. The van der Waals surface area contributed by atoms with Crippen LogP contribution in [0.4, 0.5) is 0 Å². The van der Waals surface area contributed by atoms with Gasteiger partial charge in [0.05, 0.1) is 10.7 Å². The normalized spacial score (nSPS) is 14.8. The van der Waals surface area contributed by atoms with Crippen LogP contribution in [0.5, 0.6) is 0 Å². The maximum atomic E-state index is 4.92. The Bertz CT molecular complexity index is 591. The SMILES string of the molecule is CNCc1sc(Cc2cc(C)cc(C)c2)nc1C1CC1. The molecule has 1 N–H and O–H groups in total. The predicted octanol–water partition coefficient (Wildman–Crippen LogP) is 3.95. The summed E-state index contributed by atoms with van der Waals surface area (Å²) in [6.45, 7) is 5.29. The molecule has 1 aliphatic rings. The van der Waals surface area contributed by atoms with Gasteiger partial charge in [-0.2, -0.15) is 0 Å². The number of aromatic nitrogens is 1. The van der Waals surface area contributed by atoms with Gasteiger partial charge in [0.25, 0.3) is 0 Å². The van der Waals surface area contributed by atoms with Crippen molar-refractivity contribution in [3.63, 3.8) is 0 Å². The lowest BCUT2D eigenvalue weighted by atomic mass is 10.1. The monoisotopic (exact) mass is 286 g/mol. The Morgan fingerprint density at radius 1 is 1.20 bits per heavy atom.